The van der Waals surface area contributed by atoms with Crippen molar-refractivity contribution in [1.82, 2.24) is 9.55 Å². The third kappa shape index (κ3) is 4.47. The van der Waals surface area contributed by atoms with Gasteiger partial charge in [-0.25, -0.2) is 4.98 Å². The second-order valence-electron chi connectivity index (χ2n) is 5.55. The normalized spacial score (nSPS) is 12.0. The van der Waals surface area contributed by atoms with Gasteiger partial charge >= 0.3 is 0 Å². The first-order valence-electron chi connectivity index (χ1n) is 7.90. The summed E-state index contributed by atoms with van der Waals surface area (Å²) in [5.41, 5.74) is 1.07. The van der Waals surface area contributed by atoms with Crippen molar-refractivity contribution in [1.29, 1.82) is 0 Å². The molecule has 0 amide bonds. The molecule has 0 N–H and O–H groups in total. The minimum absolute atomic E-state index is 0.0855. The fraction of sp³-hybridized carbons (Fsp3) is 0.211. The number of ether oxygens (including phenoxy) is 2. The number of nitrogens with zero attached hydrogens (tertiary/aromatic N) is 2. The van der Waals surface area contributed by atoms with Crippen molar-refractivity contribution in [2.45, 2.75) is 16.7 Å². The Bertz CT molecular complexity index is 872. The van der Waals surface area contributed by atoms with Crippen LogP contribution in [0.4, 0.5) is 0 Å². The van der Waals surface area contributed by atoms with Crippen molar-refractivity contribution in [2.75, 3.05) is 14.2 Å². The molecule has 3 rings (SSSR count). The molecule has 7 heteroatoms. The number of aromatic nitrogens is 2. The van der Waals surface area contributed by atoms with Gasteiger partial charge in [0.2, 0.25) is 0 Å². The van der Waals surface area contributed by atoms with Crippen molar-refractivity contribution in [2.24, 2.45) is 0 Å². The molecule has 0 aliphatic carbocycles. The summed E-state index contributed by atoms with van der Waals surface area (Å²) in [5.74, 6) is 1.54. The van der Waals surface area contributed by atoms with E-state index in [0.717, 1.165) is 28.5 Å². The number of thioether (sulfide) groups is 1. The first kappa shape index (κ1) is 19.0. The number of methoxy groups -OCH3 is 2. The van der Waals surface area contributed by atoms with Crippen LogP contribution >= 0.6 is 35.0 Å². The number of benzene rings is 2. The highest BCUT2D eigenvalue weighted by Crippen LogP contribution is 2.42. The topological polar surface area (TPSA) is 36.3 Å². The van der Waals surface area contributed by atoms with Crippen molar-refractivity contribution in [3.63, 3.8) is 0 Å². The molecule has 26 heavy (non-hydrogen) atoms. The van der Waals surface area contributed by atoms with Gasteiger partial charge in [0.05, 0.1) is 35.8 Å². The molecule has 0 saturated heterocycles. The summed E-state index contributed by atoms with van der Waals surface area (Å²) in [5, 5.41) is 1.17. The standard InChI is InChI=1S/C19H18Cl2N2O2S/c1-24-13-3-5-15(18(9-13)25-2)19(11-23-8-7-22-12-23)26-14-4-6-16(20)17(21)10-14/h3-10,12,19H,11H2,1-2H3. The minimum atomic E-state index is 0.0855. The van der Waals surface area contributed by atoms with Gasteiger partial charge in [0.25, 0.3) is 0 Å². The van der Waals surface area contributed by atoms with E-state index < -0.39 is 0 Å². The summed E-state index contributed by atoms with van der Waals surface area (Å²) in [6.45, 7) is 0.730. The summed E-state index contributed by atoms with van der Waals surface area (Å²) in [7, 11) is 3.30. The van der Waals surface area contributed by atoms with Gasteiger partial charge in [-0.1, -0.05) is 29.3 Å². The van der Waals surface area contributed by atoms with Gasteiger partial charge in [0.1, 0.15) is 11.5 Å². The lowest BCUT2D eigenvalue weighted by Gasteiger charge is -2.21. The molecule has 1 unspecified atom stereocenters. The molecule has 0 aliphatic heterocycles. The predicted octanol–water partition coefficient (Wildman–Crippen LogP) is 5.74. The SMILES string of the molecule is COc1ccc(C(Cn2ccnc2)Sc2ccc(Cl)c(Cl)c2)c(OC)c1. The molecule has 0 bridgehead atoms. The van der Waals surface area contributed by atoms with E-state index in [1.165, 1.54) is 0 Å². The molecule has 0 saturated carbocycles. The molecule has 136 valence electrons. The average molecular weight is 409 g/mol. The highest BCUT2D eigenvalue weighted by molar-refractivity contribution is 7.99. The molecule has 1 atom stereocenters. The average Bonchev–Trinajstić information content (AvgIpc) is 3.16. The molecular formula is C19H18Cl2N2O2S. The molecule has 3 aromatic rings. The predicted molar refractivity (Wildman–Crippen MR) is 107 cm³/mol. The maximum atomic E-state index is 6.18. The van der Waals surface area contributed by atoms with Gasteiger partial charge < -0.3 is 14.0 Å². The summed E-state index contributed by atoms with van der Waals surface area (Å²) >= 11 is 13.9. The summed E-state index contributed by atoms with van der Waals surface area (Å²) in [6.07, 6.45) is 5.52. The molecule has 4 nitrogen and oxygen atoms in total. The van der Waals surface area contributed by atoms with Gasteiger partial charge in [-0.3, -0.25) is 0 Å². The summed E-state index contributed by atoms with van der Waals surface area (Å²) in [4.78, 5) is 5.17. The van der Waals surface area contributed by atoms with E-state index in [2.05, 4.69) is 4.98 Å². The Balaban J connectivity index is 1.96. The molecule has 2 aromatic carbocycles. The zero-order chi connectivity index (χ0) is 18.5. The van der Waals surface area contributed by atoms with Gasteiger partial charge in [0.15, 0.2) is 0 Å². The third-order valence-corrected chi connectivity index (χ3v) is 5.85. The Morgan fingerprint density at radius 1 is 1.08 bits per heavy atom. The fourth-order valence-electron chi connectivity index (χ4n) is 2.58. The van der Waals surface area contributed by atoms with E-state index in [1.807, 2.05) is 47.2 Å². The van der Waals surface area contributed by atoms with E-state index in [0.29, 0.717) is 10.0 Å². The van der Waals surface area contributed by atoms with Crippen LogP contribution in [0.5, 0.6) is 11.5 Å². The number of hydrogen-bond donors (Lipinski definition) is 0. The molecule has 1 heterocycles. The Morgan fingerprint density at radius 2 is 1.92 bits per heavy atom. The van der Waals surface area contributed by atoms with E-state index in [-0.39, 0.29) is 5.25 Å². The fourth-order valence-corrected chi connectivity index (χ4v) is 4.18. The Labute approximate surface area is 167 Å². The first-order chi connectivity index (χ1) is 12.6. The number of imidazole rings is 1. The van der Waals surface area contributed by atoms with E-state index in [4.69, 9.17) is 32.7 Å². The quantitative estimate of drug-likeness (QED) is 0.466. The van der Waals surface area contributed by atoms with Crippen LogP contribution in [0.25, 0.3) is 0 Å². The zero-order valence-electron chi connectivity index (χ0n) is 14.4. The molecular weight excluding hydrogens is 391 g/mol. The molecule has 0 aliphatic rings. The van der Waals surface area contributed by atoms with E-state index in [1.54, 1.807) is 38.5 Å². The van der Waals surface area contributed by atoms with Crippen LogP contribution < -0.4 is 9.47 Å². The second kappa shape index (κ2) is 8.71. The third-order valence-electron chi connectivity index (χ3n) is 3.89. The van der Waals surface area contributed by atoms with Crippen molar-refractivity contribution >= 4 is 35.0 Å². The van der Waals surface area contributed by atoms with Crippen molar-refractivity contribution < 1.29 is 9.47 Å². The van der Waals surface area contributed by atoms with Crippen LogP contribution in [0.2, 0.25) is 10.0 Å². The van der Waals surface area contributed by atoms with Crippen LogP contribution in [0, 0.1) is 0 Å². The number of rotatable bonds is 7. The van der Waals surface area contributed by atoms with Gasteiger partial charge in [0, 0.05) is 35.5 Å². The van der Waals surface area contributed by atoms with Gasteiger partial charge in [-0.2, -0.15) is 0 Å². The Morgan fingerprint density at radius 3 is 2.58 bits per heavy atom. The lowest BCUT2D eigenvalue weighted by molar-refractivity contribution is 0.390. The van der Waals surface area contributed by atoms with Crippen LogP contribution in [-0.4, -0.2) is 23.8 Å². The van der Waals surface area contributed by atoms with Crippen molar-refractivity contribution in [3.8, 4) is 11.5 Å². The summed E-state index contributed by atoms with van der Waals surface area (Å²) < 4.78 is 13.0. The molecule has 0 radical (unpaired) electrons. The monoisotopic (exact) mass is 408 g/mol. The Hall–Kier alpha value is -1.82. The largest absolute Gasteiger partial charge is 0.497 e. The van der Waals surface area contributed by atoms with Crippen LogP contribution in [0.3, 0.4) is 0 Å². The lowest BCUT2D eigenvalue weighted by Crippen LogP contribution is -2.07. The van der Waals surface area contributed by atoms with Gasteiger partial charge in [-0.15, -0.1) is 11.8 Å². The molecule has 1 aromatic heterocycles. The van der Waals surface area contributed by atoms with Gasteiger partial charge in [-0.05, 0) is 24.3 Å². The van der Waals surface area contributed by atoms with E-state index >= 15 is 0 Å². The van der Waals surface area contributed by atoms with Crippen LogP contribution in [0.1, 0.15) is 10.8 Å². The first-order valence-corrected chi connectivity index (χ1v) is 9.53. The number of hydrogen-bond acceptors (Lipinski definition) is 4. The van der Waals surface area contributed by atoms with E-state index in [9.17, 15) is 0 Å². The maximum Gasteiger partial charge on any atom is 0.126 e. The highest BCUT2D eigenvalue weighted by atomic mass is 35.5. The zero-order valence-corrected chi connectivity index (χ0v) is 16.7. The minimum Gasteiger partial charge on any atom is -0.497 e. The van der Waals surface area contributed by atoms with Crippen molar-refractivity contribution in [3.05, 3.63) is 70.7 Å². The maximum absolute atomic E-state index is 6.18. The second-order valence-corrected chi connectivity index (χ2v) is 7.64. The molecule has 0 fully saturated rings. The lowest BCUT2D eigenvalue weighted by atomic mass is 10.1. The Kier molecular flexibility index (Phi) is 6.35. The summed E-state index contributed by atoms with van der Waals surface area (Å²) in [6, 6.07) is 11.5. The van der Waals surface area contributed by atoms with Crippen LogP contribution in [0.15, 0.2) is 60.0 Å². The smallest absolute Gasteiger partial charge is 0.126 e. The number of halogens is 2. The highest BCUT2D eigenvalue weighted by Gasteiger charge is 2.19. The molecule has 0 spiro atoms. The van der Waals surface area contributed by atoms with Crippen LogP contribution in [-0.2, 0) is 6.54 Å².